The van der Waals surface area contributed by atoms with E-state index in [2.05, 4.69) is 25.2 Å². The second-order valence-corrected chi connectivity index (χ2v) is 6.19. The molecule has 2 rings (SSSR count). The van der Waals surface area contributed by atoms with Crippen molar-refractivity contribution in [1.29, 1.82) is 5.26 Å². The number of nitriles is 1. The predicted octanol–water partition coefficient (Wildman–Crippen LogP) is 4.86. The maximum Gasteiger partial charge on any atom is 0.128 e. The fourth-order valence-corrected chi connectivity index (χ4v) is 3.41. The van der Waals surface area contributed by atoms with Gasteiger partial charge in [-0.05, 0) is 36.8 Å². The third-order valence-corrected chi connectivity index (χ3v) is 4.53. The van der Waals surface area contributed by atoms with Crippen LogP contribution >= 0.6 is 11.6 Å². The first-order valence-corrected chi connectivity index (χ1v) is 7.41. The molecule has 0 amide bonds. The van der Waals surface area contributed by atoms with Gasteiger partial charge in [0.1, 0.15) is 5.54 Å². The Kier molecular flexibility index (Phi) is 4.37. The molecule has 2 nitrogen and oxygen atoms in total. The smallest absolute Gasteiger partial charge is 0.128 e. The van der Waals surface area contributed by atoms with Gasteiger partial charge in [0.15, 0.2) is 0 Å². The zero-order valence-electron chi connectivity index (χ0n) is 11.6. The Morgan fingerprint density at radius 2 is 2.11 bits per heavy atom. The summed E-state index contributed by atoms with van der Waals surface area (Å²) in [7, 11) is 0. The lowest BCUT2D eigenvalue weighted by Gasteiger charge is -2.42. The van der Waals surface area contributed by atoms with Crippen LogP contribution in [0.4, 0.5) is 5.69 Å². The van der Waals surface area contributed by atoms with Crippen LogP contribution in [0, 0.1) is 23.2 Å². The Hall–Kier alpha value is -1.20. The molecule has 19 heavy (non-hydrogen) atoms. The molecular formula is C16H21ClN2. The van der Waals surface area contributed by atoms with Crippen molar-refractivity contribution in [3.63, 3.8) is 0 Å². The van der Waals surface area contributed by atoms with E-state index >= 15 is 0 Å². The molecule has 1 aromatic carbocycles. The Morgan fingerprint density at radius 1 is 1.37 bits per heavy atom. The molecule has 102 valence electrons. The second kappa shape index (κ2) is 5.84. The summed E-state index contributed by atoms with van der Waals surface area (Å²) in [6.07, 6.45) is 4.34. The summed E-state index contributed by atoms with van der Waals surface area (Å²) in [6, 6.07) is 10.2. The van der Waals surface area contributed by atoms with Gasteiger partial charge in [0.05, 0.1) is 16.8 Å². The van der Waals surface area contributed by atoms with E-state index in [1.165, 1.54) is 6.42 Å². The molecule has 1 saturated carbocycles. The fraction of sp³-hybridized carbons (Fsp3) is 0.562. The Morgan fingerprint density at radius 3 is 2.74 bits per heavy atom. The average molecular weight is 277 g/mol. The number of para-hydroxylation sites is 1. The van der Waals surface area contributed by atoms with Gasteiger partial charge in [-0.3, -0.25) is 0 Å². The molecule has 0 heterocycles. The van der Waals surface area contributed by atoms with Gasteiger partial charge in [-0.2, -0.15) is 5.26 Å². The minimum atomic E-state index is -0.475. The standard InChI is InChI=1S/C16H21ClN2/c1-12(2)13-7-5-6-10-16(13,11-18)19-15-9-4-3-8-14(15)17/h3-4,8-9,12-13,19H,5-7,10H2,1-2H3. The van der Waals surface area contributed by atoms with Crippen molar-refractivity contribution >= 4 is 17.3 Å². The Labute approximate surface area is 120 Å². The lowest BCUT2D eigenvalue weighted by molar-refractivity contribution is 0.205. The highest BCUT2D eigenvalue weighted by Crippen LogP contribution is 2.41. The summed E-state index contributed by atoms with van der Waals surface area (Å²) in [5.74, 6) is 0.873. The first-order chi connectivity index (χ1) is 9.09. The fourth-order valence-electron chi connectivity index (χ4n) is 3.23. The minimum absolute atomic E-state index is 0.377. The van der Waals surface area contributed by atoms with Crippen LogP contribution in [0.15, 0.2) is 24.3 Å². The van der Waals surface area contributed by atoms with E-state index in [1.807, 2.05) is 24.3 Å². The molecule has 3 heteroatoms. The zero-order valence-corrected chi connectivity index (χ0v) is 12.4. The normalized spacial score (nSPS) is 27.0. The van der Waals surface area contributed by atoms with E-state index in [4.69, 9.17) is 11.6 Å². The maximum atomic E-state index is 9.76. The van der Waals surface area contributed by atoms with E-state index in [-0.39, 0.29) is 0 Å². The van der Waals surface area contributed by atoms with Crippen LogP contribution in [-0.4, -0.2) is 5.54 Å². The maximum absolute atomic E-state index is 9.76. The van der Waals surface area contributed by atoms with Crippen molar-refractivity contribution in [3.05, 3.63) is 29.3 Å². The topological polar surface area (TPSA) is 35.8 Å². The molecule has 0 saturated heterocycles. The molecule has 0 radical (unpaired) electrons. The summed E-state index contributed by atoms with van der Waals surface area (Å²) in [6.45, 7) is 4.41. The van der Waals surface area contributed by atoms with Gasteiger partial charge >= 0.3 is 0 Å². The molecule has 1 N–H and O–H groups in total. The van der Waals surface area contributed by atoms with Gasteiger partial charge in [-0.1, -0.05) is 50.4 Å². The van der Waals surface area contributed by atoms with E-state index < -0.39 is 5.54 Å². The monoisotopic (exact) mass is 276 g/mol. The van der Waals surface area contributed by atoms with Gasteiger partial charge in [-0.15, -0.1) is 0 Å². The molecule has 1 aliphatic rings. The summed E-state index contributed by atoms with van der Waals surface area (Å²) < 4.78 is 0. The quantitative estimate of drug-likeness (QED) is 0.856. The summed E-state index contributed by atoms with van der Waals surface area (Å²) in [5, 5.41) is 13.9. The van der Waals surface area contributed by atoms with Crippen LogP contribution in [0.25, 0.3) is 0 Å². The molecule has 0 spiro atoms. The highest BCUT2D eigenvalue weighted by atomic mass is 35.5. The summed E-state index contributed by atoms with van der Waals surface area (Å²) in [5.41, 5.74) is 0.399. The molecular weight excluding hydrogens is 256 g/mol. The van der Waals surface area contributed by atoms with Crippen molar-refractivity contribution in [2.45, 2.75) is 45.1 Å². The average Bonchev–Trinajstić information content (AvgIpc) is 2.41. The predicted molar refractivity (Wildman–Crippen MR) is 80.2 cm³/mol. The third kappa shape index (κ3) is 2.87. The molecule has 1 fully saturated rings. The number of nitrogens with one attached hydrogen (secondary N) is 1. The molecule has 1 aliphatic carbocycles. The van der Waals surface area contributed by atoms with Crippen LogP contribution in [0.5, 0.6) is 0 Å². The number of rotatable bonds is 3. The van der Waals surface area contributed by atoms with Crippen molar-refractivity contribution < 1.29 is 0 Å². The van der Waals surface area contributed by atoms with Crippen molar-refractivity contribution in [2.75, 3.05) is 5.32 Å². The largest absolute Gasteiger partial charge is 0.366 e. The second-order valence-electron chi connectivity index (χ2n) is 5.78. The number of benzene rings is 1. The highest BCUT2D eigenvalue weighted by molar-refractivity contribution is 6.33. The summed E-state index contributed by atoms with van der Waals surface area (Å²) in [4.78, 5) is 0. The number of nitrogens with zero attached hydrogens (tertiary/aromatic N) is 1. The number of halogens is 1. The molecule has 0 bridgehead atoms. The first kappa shape index (κ1) is 14.2. The van der Waals surface area contributed by atoms with Crippen LogP contribution in [-0.2, 0) is 0 Å². The molecule has 1 aromatic rings. The first-order valence-electron chi connectivity index (χ1n) is 7.03. The summed E-state index contributed by atoms with van der Waals surface area (Å²) >= 11 is 6.22. The number of hydrogen-bond donors (Lipinski definition) is 1. The van der Waals surface area contributed by atoms with E-state index in [1.54, 1.807) is 0 Å². The molecule has 2 atom stereocenters. The number of anilines is 1. The van der Waals surface area contributed by atoms with E-state index in [0.29, 0.717) is 16.9 Å². The molecule has 0 aliphatic heterocycles. The SMILES string of the molecule is CC(C)C1CCCCC1(C#N)Nc1ccccc1Cl. The van der Waals surface area contributed by atoms with Gasteiger partial charge in [-0.25, -0.2) is 0 Å². The molecule has 2 unspecified atom stereocenters. The lowest BCUT2D eigenvalue weighted by Crippen LogP contribution is -2.48. The van der Waals surface area contributed by atoms with Crippen molar-refractivity contribution in [1.82, 2.24) is 0 Å². The number of hydrogen-bond acceptors (Lipinski definition) is 2. The molecule has 0 aromatic heterocycles. The third-order valence-electron chi connectivity index (χ3n) is 4.21. The highest BCUT2D eigenvalue weighted by Gasteiger charge is 2.42. The van der Waals surface area contributed by atoms with Crippen LogP contribution in [0.1, 0.15) is 39.5 Å². The van der Waals surface area contributed by atoms with Gasteiger partial charge in [0, 0.05) is 0 Å². The van der Waals surface area contributed by atoms with Gasteiger partial charge in [0.25, 0.3) is 0 Å². The lowest BCUT2D eigenvalue weighted by atomic mass is 9.68. The Balaban J connectivity index is 2.31. The van der Waals surface area contributed by atoms with Crippen LogP contribution in [0.2, 0.25) is 5.02 Å². The van der Waals surface area contributed by atoms with Crippen LogP contribution < -0.4 is 5.32 Å². The van der Waals surface area contributed by atoms with E-state index in [0.717, 1.165) is 24.9 Å². The Bertz CT molecular complexity index is 478. The van der Waals surface area contributed by atoms with Crippen LogP contribution in [0.3, 0.4) is 0 Å². The van der Waals surface area contributed by atoms with Crippen molar-refractivity contribution in [3.8, 4) is 6.07 Å². The van der Waals surface area contributed by atoms with E-state index in [9.17, 15) is 5.26 Å². The zero-order chi connectivity index (χ0) is 13.9. The van der Waals surface area contributed by atoms with Crippen molar-refractivity contribution in [2.24, 2.45) is 11.8 Å². The van der Waals surface area contributed by atoms with Gasteiger partial charge < -0.3 is 5.32 Å². The van der Waals surface area contributed by atoms with Gasteiger partial charge in [0.2, 0.25) is 0 Å². The minimum Gasteiger partial charge on any atom is -0.366 e.